The number of carbonyl (C=O) groups is 2. The summed E-state index contributed by atoms with van der Waals surface area (Å²) in [5.74, 6) is -1.03. The number of esters is 1. The van der Waals surface area contributed by atoms with Crippen molar-refractivity contribution < 1.29 is 14.3 Å². The van der Waals surface area contributed by atoms with Crippen LogP contribution in [0.2, 0.25) is 5.15 Å². The highest BCUT2D eigenvalue weighted by atomic mass is 35.5. The lowest BCUT2D eigenvalue weighted by Gasteiger charge is -2.08. The predicted octanol–water partition coefficient (Wildman–Crippen LogP) is 3.15. The third kappa shape index (κ3) is 4.56. The van der Waals surface area contributed by atoms with Crippen molar-refractivity contribution >= 4 is 29.2 Å². The van der Waals surface area contributed by atoms with Crippen LogP contribution in [0.1, 0.15) is 21.5 Å². The van der Waals surface area contributed by atoms with E-state index in [4.69, 9.17) is 16.3 Å². The molecule has 2 rings (SSSR count). The molecule has 2 aromatic rings. The van der Waals surface area contributed by atoms with E-state index in [0.29, 0.717) is 5.69 Å². The van der Waals surface area contributed by atoms with Gasteiger partial charge < -0.3 is 10.1 Å². The molecule has 114 valence electrons. The maximum atomic E-state index is 11.8. The summed E-state index contributed by atoms with van der Waals surface area (Å²) >= 11 is 5.63. The number of amides is 1. The van der Waals surface area contributed by atoms with Gasteiger partial charge in [0.1, 0.15) is 5.15 Å². The molecule has 6 heteroatoms. The summed E-state index contributed by atoms with van der Waals surface area (Å²) in [6.45, 7) is 3.51. The number of carbonyl (C=O) groups excluding carboxylic acids is 2. The first-order valence-electron chi connectivity index (χ1n) is 6.61. The van der Waals surface area contributed by atoms with Gasteiger partial charge in [0.25, 0.3) is 5.91 Å². The van der Waals surface area contributed by atoms with E-state index in [9.17, 15) is 9.59 Å². The van der Waals surface area contributed by atoms with Crippen LogP contribution in [-0.2, 0) is 9.53 Å². The van der Waals surface area contributed by atoms with Gasteiger partial charge in [-0.3, -0.25) is 4.79 Å². The van der Waals surface area contributed by atoms with Crippen molar-refractivity contribution in [1.82, 2.24) is 4.98 Å². The molecule has 5 nitrogen and oxygen atoms in total. The molecule has 0 atom stereocenters. The Bertz CT molecular complexity index is 679. The van der Waals surface area contributed by atoms with Crippen LogP contribution >= 0.6 is 11.6 Å². The van der Waals surface area contributed by atoms with Crippen LogP contribution in [0, 0.1) is 13.8 Å². The number of hydrogen-bond donors (Lipinski definition) is 1. The van der Waals surface area contributed by atoms with E-state index in [2.05, 4.69) is 10.3 Å². The van der Waals surface area contributed by atoms with Crippen molar-refractivity contribution in [2.75, 3.05) is 11.9 Å². The molecule has 1 aromatic heterocycles. The Labute approximate surface area is 133 Å². The van der Waals surface area contributed by atoms with Crippen molar-refractivity contribution in [3.63, 3.8) is 0 Å². The van der Waals surface area contributed by atoms with E-state index < -0.39 is 11.9 Å². The zero-order chi connectivity index (χ0) is 16.1. The van der Waals surface area contributed by atoms with Gasteiger partial charge in [0.05, 0.1) is 5.56 Å². The summed E-state index contributed by atoms with van der Waals surface area (Å²) < 4.78 is 4.93. The molecule has 0 unspecified atom stereocenters. The molecular weight excluding hydrogens is 304 g/mol. The first kappa shape index (κ1) is 16.0. The minimum Gasteiger partial charge on any atom is -0.452 e. The third-order valence-electron chi connectivity index (χ3n) is 2.80. The minimum atomic E-state index is -0.625. The number of aromatic nitrogens is 1. The molecule has 22 heavy (non-hydrogen) atoms. The second kappa shape index (κ2) is 7.04. The highest BCUT2D eigenvalue weighted by Gasteiger charge is 2.11. The fraction of sp³-hybridized carbons (Fsp3) is 0.188. The molecule has 0 saturated heterocycles. The summed E-state index contributed by atoms with van der Waals surface area (Å²) in [7, 11) is 0. The summed E-state index contributed by atoms with van der Waals surface area (Å²) in [6.07, 6.45) is 1.30. The van der Waals surface area contributed by atoms with Gasteiger partial charge in [0.2, 0.25) is 0 Å². The molecule has 0 bridgehead atoms. The lowest BCUT2D eigenvalue weighted by atomic mass is 10.1. The lowest BCUT2D eigenvalue weighted by Crippen LogP contribution is -2.21. The van der Waals surface area contributed by atoms with Crippen LogP contribution in [-0.4, -0.2) is 23.5 Å². The van der Waals surface area contributed by atoms with Crippen LogP contribution in [0.15, 0.2) is 36.5 Å². The van der Waals surface area contributed by atoms with Crippen molar-refractivity contribution in [3.8, 4) is 0 Å². The molecule has 1 heterocycles. The molecule has 0 aliphatic heterocycles. The first-order chi connectivity index (χ1) is 10.4. The van der Waals surface area contributed by atoms with E-state index in [0.717, 1.165) is 11.1 Å². The number of anilines is 1. The topological polar surface area (TPSA) is 68.3 Å². The number of halogens is 1. The maximum Gasteiger partial charge on any atom is 0.340 e. The van der Waals surface area contributed by atoms with Crippen LogP contribution in [0.3, 0.4) is 0 Å². The van der Waals surface area contributed by atoms with Crippen LogP contribution in [0.4, 0.5) is 5.69 Å². The number of nitrogens with zero attached hydrogens (tertiary/aromatic N) is 1. The second-order valence-corrected chi connectivity index (χ2v) is 5.26. The molecule has 0 spiro atoms. The van der Waals surface area contributed by atoms with Gasteiger partial charge in [-0.15, -0.1) is 0 Å². The SMILES string of the molecule is Cc1cc(C)cc(NC(=O)COC(=O)c2ccc(Cl)nc2)c1. The smallest absolute Gasteiger partial charge is 0.340 e. The summed E-state index contributed by atoms with van der Waals surface area (Å²) in [4.78, 5) is 27.3. The number of benzene rings is 1. The van der Waals surface area contributed by atoms with Gasteiger partial charge in [-0.1, -0.05) is 17.7 Å². The van der Waals surface area contributed by atoms with Gasteiger partial charge in [-0.25, -0.2) is 9.78 Å². The average molecular weight is 319 g/mol. The third-order valence-corrected chi connectivity index (χ3v) is 3.03. The summed E-state index contributed by atoms with van der Waals surface area (Å²) in [5.41, 5.74) is 2.99. The summed E-state index contributed by atoms with van der Waals surface area (Å²) in [6, 6.07) is 8.65. The highest BCUT2D eigenvalue weighted by molar-refractivity contribution is 6.29. The zero-order valence-corrected chi connectivity index (χ0v) is 13.0. The number of rotatable bonds is 4. The molecule has 0 fully saturated rings. The first-order valence-corrected chi connectivity index (χ1v) is 6.98. The van der Waals surface area contributed by atoms with E-state index in [-0.39, 0.29) is 17.3 Å². The maximum absolute atomic E-state index is 11.8. The van der Waals surface area contributed by atoms with Crippen molar-refractivity contribution in [2.45, 2.75) is 13.8 Å². The largest absolute Gasteiger partial charge is 0.452 e. The molecular formula is C16H15ClN2O3. The quantitative estimate of drug-likeness (QED) is 0.694. The predicted molar refractivity (Wildman–Crippen MR) is 84.1 cm³/mol. The standard InChI is InChI=1S/C16H15ClN2O3/c1-10-5-11(2)7-13(6-10)19-15(20)9-22-16(21)12-3-4-14(17)18-8-12/h3-8H,9H2,1-2H3,(H,19,20). The number of ether oxygens (including phenoxy) is 1. The Morgan fingerprint density at radius 3 is 2.45 bits per heavy atom. The Balaban J connectivity index is 1.89. The van der Waals surface area contributed by atoms with Crippen molar-refractivity contribution in [3.05, 3.63) is 58.4 Å². The average Bonchev–Trinajstić information content (AvgIpc) is 2.44. The monoisotopic (exact) mass is 318 g/mol. The van der Waals surface area contributed by atoms with Gasteiger partial charge >= 0.3 is 5.97 Å². The Morgan fingerprint density at radius 2 is 1.86 bits per heavy atom. The van der Waals surface area contributed by atoms with Gasteiger partial charge in [0, 0.05) is 11.9 Å². The van der Waals surface area contributed by atoms with Crippen LogP contribution in [0.5, 0.6) is 0 Å². The molecule has 0 aliphatic carbocycles. The number of nitrogens with one attached hydrogen (secondary N) is 1. The highest BCUT2D eigenvalue weighted by Crippen LogP contribution is 2.13. The van der Waals surface area contributed by atoms with E-state index >= 15 is 0 Å². The van der Waals surface area contributed by atoms with E-state index in [1.165, 1.54) is 18.3 Å². The van der Waals surface area contributed by atoms with E-state index in [1.807, 2.05) is 32.0 Å². The molecule has 1 aromatic carbocycles. The molecule has 1 amide bonds. The van der Waals surface area contributed by atoms with Crippen molar-refractivity contribution in [2.24, 2.45) is 0 Å². The van der Waals surface area contributed by atoms with Crippen LogP contribution < -0.4 is 5.32 Å². The second-order valence-electron chi connectivity index (χ2n) is 4.87. The van der Waals surface area contributed by atoms with Crippen LogP contribution in [0.25, 0.3) is 0 Å². The Kier molecular flexibility index (Phi) is 5.12. The van der Waals surface area contributed by atoms with Gasteiger partial charge in [-0.05, 0) is 49.2 Å². The minimum absolute atomic E-state index is 0.239. The Morgan fingerprint density at radius 1 is 1.18 bits per heavy atom. The molecule has 1 N–H and O–H groups in total. The van der Waals surface area contributed by atoms with E-state index in [1.54, 1.807) is 0 Å². The molecule has 0 aliphatic rings. The Hall–Kier alpha value is -2.40. The van der Waals surface area contributed by atoms with Gasteiger partial charge in [-0.2, -0.15) is 0 Å². The number of aryl methyl sites for hydroxylation is 2. The summed E-state index contributed by atoms with van der Waals surface area (Å²) in [5, 5.41) is 2.97. The lowest BCUT2D eigenvalue weighted by molar-refractivity contribution is -0.119. The normalized spacial score (nSPS) is 10.1. The van der Waals surface area contributed by atoms with Crippen molar-refractivity contribution in [1.29, 1.82) is 0 Å². The molecule has 0 radical (unpaired) electrons. The molecule has 0 saturated carbocycles. The zero-order valence-electron chi connectivity index (χ0n) is 12.2. The fourth-order valence-corrected chi connectivity index (χ4v) is 2.07. The number of hydrogen-bond acceptors (Lipinski definition) is 4. The number of pyridine rings is 1. The van der Waals surface area contributed by atoms with Gasteiger partial charge in [0.15, 0.2) is 6.61 Å². The fourth-order valence-electron chi connectivity index (χ4n) is 1.95.